The molecule has 2 aliphatic rings. The number of carbonyl (C=O) groups excluding carboxylic acids is 1. The maximum atomic E-state index is 12.0. The molecule has 3 heterocycles. The smallest absolute Gasteiger partial charge is 0.368 e. The van der Waals surface area contributed by atoms with Crippen molar-refractivity contribution in [1.29, 1.82) is 0 Å². The number of rotatable bonds is 3. The van der Waals surface area contributed by atoms with Crippen molar-refractivity contribution in [2.24, 2.45) is 5.16 Å². The number of hydrogen-bond acceptors (Lipinski definition) is 5. The Labute approximate surface area is 140 Å². The van der Waals surface area contributed by atoms with Crippen LogP contribution in [-0.4, -0.2) is 29.8 Å². The van der Waals surface area contributed by atoms with Crippen molar-refractivity contribution >= 4 is 23.4 Å². The molecule has 0 amide bonds. The lowest BCUT2D eigenvalue weighted by Crippen LogP contribution is -2.17. The summed E-state index contributed by atoms with van der Waals surface area (Å²) in [6.45, 7) is 2.23. The van der Waals surface area contributed by atoms with Gasteiger partial charge in [-0.1, -0.05) is 17.3 Å². The van der Waals surface area contributed by atoms with Crippen molar-refractivity contribution in [1.82, 2.24) is 4.98 Å². The summed E-state index contributed by atoms with van der Waals surface area (Å²) in [7, 11) is 0. The van der Waals surface area contributed by atoms with Gasteiger partial charge in [0.25, 0.3) is 0 Å². The number of aromatic nitrogens is 1. The van der Waals surface area contributed by atoms with Gasteiger partial charge in [0, 0.05) is 36.7 Å². The molecule has 1 fully saturated rings. The van der Waals surface area contributed by atoms with E-state index in [1.807, 2.05) is 30.3 Å². The highest BCUT2D eigenvalue weighted by Gasteiger charge is 2.26. The molecule has 24 heavy (non-hydrogen) atoms. The molecular formula is C19H17N3O2. The summed E-state index contributed by atoms with van der Waals surface area (Å²) in [5.74, 6) is -0.433. The molecule has 2 aromatic rings. The maximum absolute atomic E-state index is 12.0. The van der Waals surface area contributed by atoms with E-state index in [9.17, 15) is 4.79 Å². The highest BCUT2D eigenvalue weighted by atomic mass is 16.7. The van der Waals surface area contributed by atoms with Gasteiger partial charge < -0.3 is 9.74 Å². The molecule has 5 heteroatoms. The quantitative estimate of drug-likeness (QED) is 0.644. The zero-order valence-corrected chi connectivity index (χ0v) is 13.2. The third-order valence-corrected chi connectivity index (χ3v) is 4.31. The highest BCUT2D eigenvalue weighted by Crippen LogP contribution is 2.23. The summed E-state index contributed by atoms with van der Waals surface area (Å²) in [6.07, 6.45) is 7.67. The van der Waals surface area contributed by atoms with Crippen molar-refractivity contribution in [2.45, 2.75) is 12.8 Å². The van der Waals surface area contributed by atoms with Gasteiger partial charge in [0.15, 0.2) is 0 Å². The minimum atomic E-state index is -0.433. The molecule has 1 aromatic carbocycles. The van der Waals surface area contributed by atoms with E-state index in [-0.39, 0.29) is 0 Å². The van der Waals surface area contributed by atoms with E-state index in [2.05, 4.69) is 27.2 Å². The second-order valence-corrected chi connectivity index (χ2v) is 5.90. The fourth-order valence-electron chi connectivity index (χ4n) is 3.04. The fourth-order valence-corrected chi connectivity index (χ4v) is 3.04. The summed E-state index contributed by atoms with van der Waals surface area (Å²) >= 11 is 0. The Morgan fingerprint density at radius 1 is 1.08 bits per heavy atom. The van der Waals surface area contributed by atoms with Gasteiger partial charge in [0.1, 0.15) is 5.71 Å². The molecule has 0 N–H and O–H groups in total. The standard InChI is InChI=1S/C19H17N3O2/c23-19-17(18(21-24-19)15-4-3-9-20-13-15)12-14-5-7-16(8-6-14)22-10-1-2-11-22/h3-9,12-13H,1-2,10-11H2. The normalized spacial score (nSPS) is 18.8. The van der Waals surface area contributed by atoms with Crippen molar-refractivity contribution in [3.05, 3.63) is 65.5 Å². The van der Waals surface area contributed by atoms with Crippen LogP contribution in [0.25, 0.3) is 6.08 Å². The SMILES string of the molecule is O=C1ON=C(c2cccnc2)C1=Cc1ccc(N2CCCC2)cc1. The lowest BCUT2D eigenvalue weighted by molar-refractivity contribution is -0.136. The molecular weight excluding hydrogens is 302 g/mol. The van der Waals surface area contributed by atoms with Crippen LogP contribution < -0.4 is 4.90 Å². The van der Waals surface area contributed by atoms with Crippen LogP contribution >= 0.6 is 0 Å². The van der Waals surface area contributed by atoms with E-state index in [1.165, 1.54) is 18.5 Å². The Hall–Kier alpha value is -2.95. The average molecular weight is 319 g/mol. The van der Waals surface area contributed by atoms with Gasteiger partial charge in [0.2, 0.25) is 0 Å². The number of oxime groups is 1. The number of pyridine rings is 1. The predicted molar refractivity (Wildman–Crippen MR) is 92.7 cm³/mol. The first kappa shape index (κ1) is 14.6. The van der Waals surface area contributed by atoms with Gasteiger partial charge in [-0.05, 0) is 48.7 Å². The van der Waals surface area contributed by atoms with E-state index in [0.29, 0.717) is 11.3 Å². The van der Waals surface area contributed by atoms with E-state index in [1.54, 1.807) is 12.4 Å². The van der Waals surface area contributed by atoms with Crippen molar-refractivity contribution in [3.8, 4) is 0 Å². The average Bonchev–Trinajstić information content (AvgIpc) is 3.28. The molecule has 0 radical (unpaired) electrons. The Balaban J connectivity index is 1.61. The second-order valence-electron chi connectivity index (χ2n) is 5.90. The first-order chi connectivity index (χ1) is 11.8. The summed E-state index contributed by atoms with van der Waals surface area (Å²) in [6, 6.07) is 11.9. The van der Waals surface area contributed by atoms with Crippen LogP contribution in [0, 0.1) is 0 Å². The lowest BCUT2D eigenvalue weighted by Gasteiger charge is -2.17. The van der Waals surface area contributed by atoms with Gasteiger partial charge in [-0.3, -0.25) is 4.98 Å². The molecule has 4 rings (SSSR count). The first-order valence-corrected chi connectivity index (χ1v) is 8.08. The van der Waals surface area contributed by atoms with Crippen LogP contribution in [0.3, 0.4) is 0 Å². The molecule has 1 aromatic heterocycles. The van der Waals surface area contributed by atoms with Gasteiger partial charge in [-0.2, -0.15) is 0 Å². The lowest BCUT2D eigenvalue weighted by atomic mass is 10.0. The van der Waals surface area contributed by atoms with Gasteiger partial charge >= 0.3 is 5.97 Å². The summed E-state index contributed by atoms with van der Waals surface area (Å²) < 4.78 is 0. The number of anilines is 1. The summed E-state index contributed by atoms with van der Waals surface area (Å²) in [5.41, 5.74) is 3.92. The predicted octanol–water partition coefficient (Wildman–Crippen LogP) is 3.03. The van der Waals surface area contributed by atoms with Crippen LogP contribution in [0.5, 0.6) is 0 Å². The van der Waals surface area contributed by atoms with Crippen molar-refractivity contribution in [3.63, 3.8) is 0 Å². The monoisotopic (exact) mass is 319 g/mol. The second kappa shape index (κ2) is 6.28. The largest absolute Gasteiger partial charge is 0.372 e. The molecule has 1 saturated heterocycles. The third kappa shape index (κ3) is 2.80. The van der Waals surface area contributed by atoms with Crippen LogP contribution in [0.2, 0.25) is 0 Å². The molecule has 0 unspecified atom stereocenters. The molecule has 0 bridgehead atoms. The van der Waals surface area contributed by atoms with Gasteiger partial charge in [-0.15, -0.1) is 0 Å². The molecule has 0 spiro atoms. The Bertz CT molecular complexity index is 804. The van der Waals surface area contributed by atoms with E-state index in [4.69, 9.17) is 4.84 Å². The topological polar surface area (TPSA) is 54.8 Å². The van der Waals surface area contributed by atoms with Crippen LogP contribution in [0.1, 0.15) is 24.0 Å². The minimum absolute atomic E-state index is 0.433. The van der Waals surface area contributed by atoms with Crippen molar-refractivity contribution < 1.29 is 9.63 Å². The molecule has 5 nitrogen and oxygen atoms in total. The highest BCUT2D eigenvalue weighted by molar-refractivity contribution is 6.31. The molecule has 0 atom stereocenters. The zero-order valence-electron chi connectivity index (χ0n) is 13.2. The van der Waals surface area contributed by atoms with Crippen LogP contribution in [0.15, 0.2) is 59.5 Å². The van der Waals surface area contributed by atoms with E-state index in [0.717, 1.165) is 24.2 Å². The van der Waals surface area contributed by atoms with Crippen molar-refractivity contribution in [2.75, 3.05) is 18.0 Å². The maximum Gasteiger partial charge on any atom is 0.368 e. The van der Waals surface area contributed by atoms with Crippen LogP contribution in [-0.2, 0) is 9.63 Å². The first-order valence-electron chi connectivity index (χ1n) is 8.08. The number of nitrogens with zero attached hydrogens (tertiary/aromatic N) is 3. The molecule has 0 saturated carbocycles. The molecule has 0 aliphatic carbocycles. The van der Waals surface area contributed by atoms with E-state index < -0.39 is 5.97 Å². The minimum Gasteiger partial charge on any atom is -0.372 e. The molecule has 120 valence electrons. The van der Waals surface area contributed by atoms with Gasteiger partial charge in [-0.25, -0.2) is 4.79 Å². The number of carbonyl (C=O) groups is 1. The van der Waals surface area contributed by atoms with E-state index >= 15 is 0 Å². The van der Waals surface area contributed by atoms with Crippen LogP contribution in [0.4, 0.5) is 5.69 Å². The Morgan fingerprint density at radius 2 is 1.88 bits per heavy atom. The zero-order chi connectivity index (χ0) is 16.4. The third-order valence-electron chi connectivity index (χ3n) is 4.31. The summed E-state index contributed by atoms with van der Waals surface area (Å²) in [5, 5.41) is 3.90. The number of benzene rings is 1. The fraction of sp³-hybridized carbons (Fsp3) is 0.211. The summed E-state index contributed by atoms with van der Waals surface area (Å²) in [4.78, 5) is 23.3. The Kier molecular flexibility index (Phi) is 3.83. The van der Waals surface area contributed by atoms with Gasteiger partial charge in [0.05, 0.1) is 5.57 Å². The molecule has 2 aliphatic heterocycles. The number of hydrogen-bond donors (Lipinski definition) is 0. The Morgan fingerprint density at radius 3 is 2.58 bits per heavy atom.